The first kappa shape index (κ1) is 11.5. The van der Waals surface area contributed by atoms with Crippen molar-refractivity contribution in [2.24, 2.45) is 35.3 Å². The average Bonchev–Trinajstić information content (AvgIpc) is 2.75. The molecule has 3 fully saturated rings. The molecule has 3 heteroatoms. The van der Waals surface area contributed by atoms with E-state index in [-0.39, 0.29) is 11.8 Å². The molecule has 3 saturated carbocycles. The number of hydrogen-bond acceptors (Lipinski definition) is 2. The van der Waals surface area contributed by atoms with Gasteiger partial charge in [0.15, 0.2) is 0 Å². The summed E-state index contributed by atoms with van der Waals surface area (Å²) in [6, 6.07) is 0.514. The summed E-state index contributed by atoms with van der Waals surface area (Å²) < 4.78 is 0. The van der Waals surface area contributed by atoms with E-state index >= 15 is 0 Å². The Hall–Kier alpha value is -0.570. The molecular weight excluding hydrogens is 212 g/mol. The second kappa shape index (κ2) is 4.27. The third-order valence-electron chi connectivity index (χ3n) is 5.34. The van der Waals surface area contributed by atoms with Crippen molar-refractivity contribution in [3.63, 3.8) is 0 Å². The molecule has 96 valence electrons. The van der Waals surface area contributed by atoms with E-state index < -0.39 is 0 Å². The predicted octanol–water partition coefficient (Wildman–Crippen LogP) is 1.52. The monoisotopic (exact) mass is 236 g/mol. The highest BCUT2D eigenvalue weighted by molar-refractivity contribution is 5.79. The standard InChI is InChI=1S/C14H24N2O/c1-2-3-10(7-15)14(17)16-13-11-8-4-5-9(6-8)12(11)13/h8-13H,2-7,15H2,1H3,(H,16,17). The van der Waals surface area contributed by atoms with Crippen LogP contribution in [0.3, 0.4) is 0 Å². The molecule has 5 atom stereocenters. The van der Waals surface area contributed by atoms with Crippen LogP contribution in [0.5, 0.6) is 0 Å². The number of carbonyl (C=O) groups excluding carboxylic acids is 1. The molecule has 17 heavy (non-hydrogen) atoms. The highest BCUT2D eigenvalue weighted by atomic mass is 16.2. The second-order valence-corrected chi connectivity index (χ2v) is 6.24. The summed E-state index contributed by atoms with van der Waals surface area (Å²) in [5.41, 5.74) is 5.68. The molecule has 5 unspecified atom stereocenters. The molecule has 3 N–H and O–H groups in total. The number of fused-ring (bicyclic) bond motifs is 5. The molecule has 0 heterocycles. The molecule has 2 bridgehead atoms. The van der Waals surface area contributed by atoms with Crippen LogP contribution in [0.1, 0.15) is 39.0 Å². The fourth-order valence-corrected chi connectivity index (χ4v) is 4.50. The molecule has 1 amide bonds. The second-order valence-electron chi connectivity index (χ2n) is 6.24. The van der Waals surface area contributed by atoms with Gasteiger partial charge in [-0.3, -0.25) is 4.79 Å². The van der Waals surface area contributed by atoms with Gasteiger partial charge in [-0.25, -0.2) is 0 Å². The van der Waals surface area contributed by atoms with E-state index in [0.29, 0.717) is 12.6 Å². The van der Waals surface area contributed by atoms with Crippen LogP contribution in [0, 0.1) is 29.6 Å². The minimum Gasteiger partial charge on any atom is -0.352 e. The number of rotatable bonds is 5. The van der Waals surface area contributed by atoms with Gasteiger partial charge in [-0.1, -0.05) is 13.3 Å². The Balaban J connectivity index is 1.53. The Labute approximate surface area is 104 Å². The number of hydrogen-bond donors (Lipinski definition) is 2. The Kier molecular flexibility index (Phi) is 2.89. The van der Waals surface area contributed by atoms with E-state index in [0.717, 1.165) is 36.5 Å². The predicted molar refractivity (Wildman–Crippen MR) is 67.2 cm³/mol. The van der Waals surface area contributed by atoms with Crippen molar-refractivity contribution in [3.05, 3.63) is 0 Å². The summed E-state index contributed by atoms with van der Waals surface area (Å²) in [5.74, 6) is 3.78. The van der Waals surface area contributed by atoms with Crippen molar-refractivity contribution in [1.82, 2.24) is 5.32 Å². The highest BCUT2D eigenvalue weighted by Gasteiger charge is 2.65. The first-order valence-corrected chi connectivity index (χ1v) is 7.26. The minimum absolute atomic E-state index is 0.0407. The maximum absolute atomic E-state index is 12.1. The topological polar surface area (TPSA) is 55.1 Å². The smallest absolute Gasteiger partial charge is 0.224 e. The molecule has 0 saturated heterocycles. The van der Waals surface area contributed by atoms with Gasteiger partial charge in [-0.15, -0.1) is 0 Å². The molecule has 0 aromatic heterocycles. The molecule has 3 aliphatic rings. The van der Waals surface area contributed by atoms with Gasteiger partial charge in [0.1, 0.15) is 0 Å². The van der Waals surface area contributed by atoms with Crippen LogP contribution in [0.15, 0.2) is 0 Å². The van der Waals surface area contributed by atoms with Crippen LogP contribution < -0.4 is 11.1 Å². The lowest BCUT2D eigenvalue weighted by molar-refractivity contribution is -0.125. The van der Waals surface area contributed by atoms with Crippen LogP contribution >= 0.6 is 0 Å². The fraction of sp³-hybridized carbons (Fsp3) is 0.929. The minimum atomic E-state index is 0.0407. The van der Waals surface area contributed by atoms with Crippen LogP contribution in [-0.4, -0.2) is 18.5 Å². The quantitative estimate of drug-likeness (QED) is 0.760. The van der Waals surface area contributed by atoms with Crippen molar-refractivity contribution < 1.29 is 4.79 Å². The van der Waals surface area contributed by atoms with E-state index in [1.54, 1.807) is 0 Å². The van der Waals surface area contributed by atoms with Gasteiger partial charge in [0.25, 0.3) is 0 Å². The van der Waals surface area contributed by atoms with Crippen molar-refractivity contribution >= 4 is 5.91 Å². The van der Waals surface area contributed by atoms with E-state index in [4.69, 9.17) is 5.73 Å². The zero-order valence-electron chi connectivity index (χ0n) is 10.7. The Morgan fingerprint density at radius 2 is 2.00 bits per heavy atom. The summed E-state index contributed by atoms with van der Waals surface area (Å²) in [4.78, 5) is 12.1. The summed E-state index contributed by atoms with van der Waals surface area (Å²) in [6.45, 7) is 2.61. The van der Waals surface area contributed by atoms with Gasteiger partial charge >= 0.3 is 0 Å². The SMILES string of the molecule is CCCC(CN)C(=O)NC1C2C3CCC(C3)C12. The average molecular weight is 236 g/mol. The molecule has 3 aliphatic carbocycles. The van der Waals surface area contributed by atoms with E-state index in [2.05, 4.69) is 12.2 Å². The Bertz CT molecular complexity index is 301. The summed E-state index contributed by atoms with van der Waals surface area (Å²) in [6.07, 6.45) is 6.23. The number of amides is 1. The van der Waals surface area contributed by atoms with Crippen LogP contribution in [-0.2, 0) is 4.79 Å². The molecule has 3 nitrogen and oxygen atoms in total. The van der Waals surface area contributed by atoms with Gasteiger partial charge in [-0.2, -0.15) is 0 Å². The lowest BCUT2D eigenvalue weighted by Crippen LogP contribution is -2.38. The maximum Gasteiger partial charge on any atom is 0.224 e. The van der Waals surface area contributed by atoms with Crippen molar-refractivity contribution in [2.45, 2.75) is 45.1 Å². The molecule has 0 spiro atoms. The highest BCUT2D eigenvalue weighted by Crippen LogP contribution is 2.65. The normalized spacial score (nSPS) is 43.3. The van der Waals surface area contributed by atoms with E-state index in [9.17, 15) is 4.79 Å². The summed E-state index contributed by atoms with van der Waals surface area (Å²) >= 11 is 0. The van der Waals surface area contributed by atoms with E-state index in [1.165, 1.54) is 19.3 Å². The lowest BCUT2D eigenvalue weighted by Gasteiger charge is -2.16. The largest absolute Gasteiger partial charge is 0.352 e. The number of nitrogens with two attached hydrogens (primary N) is 1. The van der Waals surface area contributed by atoms with Crippen molar-refractivity contribution in [3.8, 4) is 0 Å². The molecule has 0 radical (unpaired) electrons. The first-order chi connectivity index (χ1) is 8.26. The zero-order chi connectivity index (χ0) is 12.0. The first-order valence-electron chi connectivity index (χ1n) is 7.26. The lowest BCUT2D eigenvalue weighted by atomic mass is 10.0. The maximum atomic E-state index is 12.1. The van der Waals surface area contributed by atoms with Gasteiger partial charge in [0.2, 0.25) is 5.91 Å². The number of nitrogens with one attached hydrogen (secondary N) is 1. The molecule has 0 aromatic rings. The Morgan fingerprint density at radius 1 is 1.35 bits per heavy atom. The van der Waals surface area contributed by atoms with Gasteiger partial charge in [0.05, 0.1) is 5.92 Å². The zero-order valence-corrected chi connectivity index (χ0v) is 10.7. The summed E-state index contributed by atoms with van der Waals surface area (Å²) in [5, 5.41) is 3.27. The van der Waals surface area contributed by atoms with E-state index in [1.807, 2.05) is 0 Å². The molecule has 0 aliphatic heterocycles. The van der Waals surface area contributed by atoms with Gasteiger partial charge < -0.3 is 11.1 Å². The number of carbonyl (C=O) groups is 1. The van der Waals surface area contributed by atoms with Crippen LogP contribution in [0.25, 0.3) is 0 Å². The van der Waals surface area contributed by atoms with Gasteiger partial charge in [0, 0.05) is 12.6 Å². The molecular formula is C14H24N2O. The van der Waals surface area contributed by atoms with Crippen LogP contribution in [0.4, 0.5) is 0 Å². The third kappa shape index (κ3) is 1.79. The third-order valence-corrected chi connectivity index (χ3v) is 5.34. The Morgan fingerprint density at radius 3 is 2.53 bits per heavy atom. The van der Waals surface area contributed by atoms with Crippen molar-refractivity contribution in [1.29, 1.82) is 0 Å². The van der Waals surface area contributed by atoms with Crippen LogP contribution in [0.2, 0.25) is 0 Å². The summed E-state index contributed by atoms with van der Waals surface area (Å²) in [7, 11) is 0. The molecule has 0 aromatic carbocycles. The fourth-order valence-electron chi connectivity index (χ4n) is 4.50. The van der Waals surface area contributed by atoms with Gasteiger partial charge in [-0.05, 0) is 49.4 Å². The molecule has 3 rings (SSSR count). The van der Waals surface area contributed by atoms with Crippen molar-refractivity contribution in [2.75, 3.05) is 6.54 Å².